The summed E-state index contributed by atoms with van der Waals surface area (Å²) in [4.78, 5) is 11.7. The maximum atomic E-state index is 11.7. The fourth-order valence-corrected chi connectivity index (χ4v) is 1.70. The lowest BCUT2D eigenvalue weighted by Crippen LogP contribution is -2.09. The molecule has 0 saturated heterocycles. The van der Waals surface area contributed by atoms with Gasteiger partial charge in [-0.05, 0) is 19.1 Å². The van der Waals surface area contributed by atoms with Crippen molar-refractivity contribution in [2.75, 3.05) is 17.7 Å². The predicted octanol–water partition coefficient (Wildman–Crippen LogP) is 1.92. The molecule has 6 heteroatoms. The quantitative estimate of drug-likeness (QED) is 0.648. The molecular weight excluding hydrogens is 244 g/mol. The van der Waals surface area contributed by atoms with Crippen molar-refractivity contribution in [1.29, 1.82) is 0 Å². The number of aromatic nitrogens is 2. The van der Waals surface area contributed by atoms with Crippen molar-refractivity contribution in [2.45, 2.75) is 6.92 Å². The fourth-order valence-electron chi connectivity index (χ4n) is 1.70. The molecule has 0 fully saturated rings. The van der Waals surface area contributed by atoms with E-state index in [-0.39, 0.29) is 0 Å². The Hall–Kier alpha value is -2.50. The van der Waals surface area contributed by atoms with E-state index < -0.39 is 5.97 Å². The molecule has 3 N–H and O–H groups in total. The average Bonchev–Trinajstić information content (AvgIpc) is 2.78. The molecule has 0 saturated carbocycles. The number of carbonyl (C=O) groups excluding carboxylic acids is 1. The number of hydrogen-bond donors (Lipinski definition) is 2. The smallest absolute Gasteiger partial charge is 0.340 e. The van der Waals surface area contributed by atoms with E-state index in [0.717, 1.165) is 5.69 Å². The molecule has 1 aromatic heterocycles. The van der Waals surface area contributed by atoms with Crippen molar-refractivity contribution in [3.8, 4) is 0 Å². The lowest BCUT2D eigenvalue weighted by atomic mass is 10.1. The summed E-state index contributed by atoms with van der Waals surface area (Å²) in [6.07, 6.45) is 3.49. The molecule has 0 bridgehead atoms. The van der Waals surface area contributed by atoms with Gasteiger partial charge in [-0.15, -0.1) is 0 Å². The van der Waals surface area contributed by atoms with Crippen molar-refractivity contribution in [2.24, 2.45) is 7.05 Å². The minimum atomic E-state index is -0.421. The molecule has 1 aromatic carbocycles. The molecule has 2 aromatic rings. The summed E-state index contributed by atoms with van der Waals surface area (Å²) < 4.78 is 6.63. The molecule has 0 aliphatic carbocycles. The highest BCUT2D eigenvalue weighted by atomic mass is 16.5. The van der Waals surface area contributed by atoms with Gasteiger partial charge in [0, 0.05) is 13.2 Å². The number of anilines is 3. The maximum absolute atomic E-state index is 11.7. The number of nitrogens with one attached hydrogen (secondary N) is 1. The number of ether oxygens (including phenoxy) is 1. The summed E-state index contributed by atoms with van der Waals surface area (Å²) in [7, 11) is 1.82. The van der Waals surface area contributed by atoms with Gasteiger partial charge >= 0.3 is 5.97 Å². The van der Waals surface area contributed by atoms with E-state index >= 15 is 0 Å². The highest BCUT2D eigenvalue weighted by molar-refractivity contribution is 5.98. The molecule has 0 spiro atoms. The Kier molecular flexibility index (Phi) is 3.70. The molecule has 0 aliphatic heterocycles. The molecule has 6 nitrogen and oxygen atoms in total. The first-order valence-electron chi connectivity index (χ1n) is 5.93. The minimum Gasteiger partial charge on any atom is -0.462 e. The van der Waals surface area contributed by atoms with Crippen LogP contribution in [0.3, 0.4) is 0 Å². The number of hydrogen-bond acceptors (Lipinski definition) is 5. The van der Waals surface area contributed by atoms with E-state index in [4.69, 9.17) is 10.5 Å². The van der Waals surface area contributed by atoms with Gasteiger partial charge in [-0.2, -0.15) is 5.10 Å². The maximum Gasteiger partial charge on any atom is 0.340 e. The molecule has 19 heavy (non-hydrogen) atoms. The van der Waals surface area contributed by atoms with Crippen LogP contribution in [0.2, 0.25) is 0 Å². The van der Waals surface area contributed by atoms with Crippen LogP contribution in [-0.4, -0.2) is 22.4 Å². The summed E-state index contributed by atoms with van der Waals surface area (Å²) in [6, 6.07) is 5.19. The number of para-hydroxylation sites is 1. The molecule has 0 atom stereocenters. The normalized spacial score (nSPS) is 10.2. The van der Waals surface area contributed by atoms with Gasteiger partial charge in [0.05, 0.1) is 35.4 Å². The summed E-state index contributed by atoms with van der Waals surface area (Å²) in [6.45, 7) is 2.07. The van der Waals surface area contributed by atoms with Crippen molar-refractivity contribution in [3.63, 3.8) is 0 Å². The van der Waals surface area contributed by atoms with E-state index in [1.54, 1.807) is 36.0 Å². The zero-order chi connectivity index (χ0) is 13.8. The number of esters is 1. The average molecular weight is 260 g/mol. The van der Waals surface area contributed by atoms with Gasteiger partial charge < -0.3 is 15.8 Å². The van der Waals surface area contributed by atoms with E-state index in [9.17, 15) is 4.79 Å². The first kappa shape index (κ1) is 12.9. The third kappa shape index (κ3) is 2.85. The van der Waals surface area contributed by atoms with Crippen LogP contribution >= 0.6 is 0 Å². The Balaban J connectivity index is 2.27. The largest absolute Gasteiger partial charge is 0.462 e. The number of aryl methyl sites for hydroxylation is 1. The van der Waals surface area contributed by atoms with E-state index in [0.29, 0.717) is 23.5 Å². The van der Waals surface area contributed by atoms with E-state index in [1.807, 2.05) is 13.2 Å². The predicted molar refractivity (Wildman–Crippen MR) is 73.3 cm³/mol. The molecule has 100 valence electrons. The molecule has 0 unspecified atom stereocenters. The zero-order valence-electron chi connectivity index (χ0n) is 10.9. The molecule has 0 aliphatic rings. The van der Waals surface area contributed by atoms with Crippen molar-refractivity contribution >= 4 is 23.0 Å². The Bertz CT molecular complexity index is 592. The summed E-state index contributed by atoms with van der Waals surface area (Å²) in [5.74, 6) is -0.421. The third-order valence-electron chi connectivity index (χ3n) is 2.59. The highest BCUT2D eigenvalue weighted by Crippen LogP contribution is 2.26. The number of nitrogens with two attached hydrogens (primary N) is 1. The van der Waals surface area contributed by atoms with Gasteiger partial charge in [-0.25, -0.2) is 4.79 Å². The van der Waals surface area contributed by atoms with Gasteiger partial charge in [-0.3, -0.25) is 4.68 Å². The monoisotopic (exact) mass is 260 g/mol. The van der Waals surface area contributed by atoms with Crippen LogP contribution in [0.15, 0.2) is 30.6 Å². The molecule has 1 heterocycles. The van der Waals surface area contributed by atoms with Gasteiger partial charge in [-0.1, -0.05) is 6.07 Å². The first-order valence-corrected chi connectivity index (χ1v) is 5.93. The minimum absolute atomic E-state index is 0.318. The van der Waals surface area contributed by atoms with Gasteiger partial charge in [0.25, 0.3) is 0 Å². The van der Waals surface area contributed by atoms with Crippen LogP contribution in [-0.2, 0) is 11.8 Å². The van der Waals surface area contributed by atoms with Crippen LogP contribution in [0.4, 0.5) is 17.1 Å². The zero-order valence-corrected chi connectivity index (χ0v) is 10.9. The van der Waals surface area contributed by atoms with Gasteiger partial charge in [0.1, 0.15) is 0 Å². The summed E-state index contributed by atoms with van der Waals surface area (Å²) in [5, 5.41) is 7.17. The lowest BCUT2D eigenvalue weighted by Gasteiger charge is -2.11. The van der Waals surface area contributed by atoms with Gasteiger partial charge in [0.15, 0.2) is 0 Å². The SMILES string of the molecule is CCOC(=O)c1cccc(Nc2cnn(C)c2)c1N. The Morgan fingerprint density at radius 2 is 2.32 bits per heavy atom. The van der Waals surface area contributed by atoms with Crippen LogP contribution in [0.1, 0.15) is 17.3 Å². The Morgan fingerprint density at radius 3 is 2.95 bits per heavy atom. The van der Waals surface area contributed by atoms with Crippen LogP contribution < -0.4 is 11.1 Å². The standard InChI is InChI=1S/C13H16N4O2/c1-3-19-13(18)10-5-4-6-11(12(10)14)16-9-7-15-17(2)8-9/h4-8,16H,3,14H2,1-2H3. The summed E-state index contributed by atoms with van der Waals surface area (Å²) in [5.41, 5.74) is 8.15. The molecule has 2 rings (SSSR count). The highest BCUT2D eigenvalue weighted by Gasteiger charge is 2.13. The fraction of sp³-hybridized carbons (Fsp3) is 0.231. The van der Waals surface area contributed by atoms with Crippen molar-refractivity contribution < 1.29 is 9.53 Å². The molecular formula is C13H16N4O2. The lowest BCUT2D eigenvalue weighted by molar-refractivity contribution is 0.0527. The Labute approximate surface area is 111 Å². The number of rotatable bonds is 4. The second-order valence-corrected chi connectivity index (χ2v) is 4.01. The number of nitrogen functional groups attached to an aromatic ring is 1. The second-order valence-electron chi connectivity index (χ2n) is 4.01. The molecule has 0 radical (unpaired) electrons. The van der Waals surface area contributed by atoms with Crippen molar-refractivity contribution in [3.05, 3.63) is 36.2 Å². The van der Waals surface area contributed by atoms with Crippen LogP contribution in [0.5, 0.6) is 0 Å². The number of carbonyl (C=O) groups is 1. The van der Waals surface area contributed by atoms with E-state index in [1.165, 1.54) is 0 Å². The Morgan fingerprint density at radius 1 is 1.53 bits per heavy atom. The molecule has 0 amide bonds. The van der Waals surface area contributed by atoms with Crippen molar-refractivity contribution in [1.82, 2.24) is 9.78 Å². The van der Waals surface area contributed by atoms with Crippen LogP contribution in [0.25, 0.3) is 0 Å². The summed E-state index contributed by atoms with van der Waals surface area (Å²) >= 11 is 0. The topological polar surface area (TPSA) is 82.2 Å². The second kappa shape index (κ2) is 5.43. The van der Waals surface area contributed by atoms with Crippen LogP contribution in [0, 0.1) is 0 Å². The first-order chi connectivity index (χ1) is 9.11. The van der Waals surface area contributed by atoms with Gasteiger partial charge in [0.2, 0.25) is 0 Å². The third-order valence-corrected chi connectivity index (χ3v) is 2.59. The number of benzene rings is 1. The number of nitrogens with zero attached hydrogens (tertiary/aromatic N) is 2. The van der Waals surface area contributed by atoms with E-state index in [2.05, 4.69) is 10.4 Å².